The third kappa shape index (κ3) is 6.61. The van der Waals surface area contributed by atoms with Crippen LogP contribution in [0.2, 0.25) is 0 Å². The third-order valence-electron chi connectivity index (χ3n) is 3.32. The number of alkyl carbamates (subject to hydrolysis) is 1. The molecule has 142 valence electrons. The Bertz CT molecular complexity index is 553. The van der Waals surface area contributed by atoms with Crippen LogP contribution in [0.15, 0.2) is 11.3 Å². The first kappa shape index (κ1) is 20.8. The first-order chi connectivity index (χ1) is 11.6. The van der Waals surface area contributed by atoms with E-state index in [2.05, 4.69) is 16.0 Å². The smallest absolute Gasteiger partial charge is 0.407 e. The lowest BCUT2D eigenvalue weighted by Gasteiger charge is -2.30. The monoisotopic (exact) mass is 357 g/mol. The Morgan fingerprint density at radius 1 is 1.36 bits per heavy atom. The molecule has 0 aromatic carbocycles. The Labute approximate surface area is 147 Å². The number of rotatable bonds is 6. The van der Waals surface area contributed by atoms with E-state index >= 15 is 0 Å². The van der Waals surface area contributed by atoms with E-state index in [0.717, 1.165) is 0 Å². The van der Waals surface area contributed by atoms with E-state index in [1.165, 1.54) is 0 Å². The molecule has 4 N–H and O–H groups in total. The maximum Gasteiger partial charge on any atom is 0.407 e. The van der Waals surface area contributed by atoms with Crippen LogP contribution in [0.25, 0.3) is 0 Å². The van der Waals surface area contributed by atoms with Crippen LogP contribution in [0.5, 0.6) is 0 Å². The van der Waals surface area contributed by atoms with Crippen LogP contribution in [0, 0.1) is 0 Å². The highest BCUT2D eigenvalue weighted by Crippen LogP contribution is 2.18. The minimum absolute atomic E-state index is 0.106. The normalized spacial score (nSPS) is 18.8. The Balaban J connectivity index is 2.87. The number of esters is 1. The molecule has 1 heterocycles. The quantitative estimate of drug-likeness (QED) is 0.521. The van der Waals surface area contributed by atoms with Crippen LogP contribution >= 0.6 is 0 Å². The number of allylic oxidation sites excluding steroid dienone is 1. The summed E-state index contributed by atoms with van der Waals surface area (Å²) in [4.78, 5) is 35.7. The van der Waals surface area contributed by atoms with Gasteiger partial charge in [0, 0.05) is 5.70 Å². The fourth-order valence-electron chi connectivity index (χ4n) is 2.38. The zero-order chi connectivity index (χ0) is 19.2. The van der Waals surface area contributed by atoms with E-state index in [4.69, 9.17) is 9.47 Å². The maximum atomic E-state index is 12.2. The zero-order valence-electron chi connectivity index (χ0n) is 15.3. The summed E-state index contributed by atoms with van der Waals surface area (Å²) in [6, 6.07) is -1.89. The number of urea groups is 1. The van der Waals surface area contributed by atoms with Gasteiger partial charge in [-0.15, -0.1) is 0 Å². The van der Waals surface area contributed by atoms with E-state index in [1.807, 2.05) is 0 Å². The lowest BCUT2D eigenvalue weighted by molar-refractivity contribution is -0.139. The molecule has 0 fully saturated rings. The molecule has 1 aliphatic rings. The Kier molecular flexibility index (Phi) is 7.22. The molecule has 1 rings (SSSR count). The molecule has 1 aliphatic heterocycles. The summed E-state index contributed by atoms with van der Waals surface area (Å²) in [7, 11) is 0. The van der Waals surface area contributed by atoms with Crippen LogP contribution in [0.4, 0.5) is 9.59 Å². The number of aliphatic hydroxyl groups is 1. The predicted molar refractivity (Wildman–Crippen MR) is 89.6 cm³/mol. The summed E-state index contributed by atoms with van der Waals surface area (Å²) in [6.45, 7) is 8.24. The summed E-state index contributed by atoms with van der Waals surface area (Å²) in [5.74, 6) is -0.563. The summed E-state index contributed by atoms with van der Waals surface area (Å²) < 4.78 is 10.2. The third-order valence-corrected chi connectivity index (χ3v) is 3.32. The highest BCUT2D eigenvalue weighted by Gasteiger charge is 2.33. The number of carbonyl (C=O) groups is 3. The number of hydrogen-bond acceptors (Lipinski definition) is 6. The second-order valence-electron chi connectivity index (χ2n) is 6.67. The minimum atomic E-state index is -0.713. The van der Waals surface area contributed by atoms with Gasteiger partial charge in [-0.2, -0.15) is 0 Å². The minimum Gasteiger partial charge on any atom is -0.463 e. The van der Waals surface area contributed by atoms with Gasteiger partial charge in [0.05, 0.1) is 30.9 Å². The van der Waals surface area contributed by atoms with E-state index in [1.54, 1.807) is 34.6 Å². The van der Waals surface area contributed by atoms with Gasteiger partial charge in [0.1, 0.15) is 5.60 Å². The van der Waals surface area contributed by atoms with Gasteiger partial charge in [-0.3, -0.25) is 0 Å². The average molecular weight is 357 g/mol. The van der Waals surface area contributed by atoms with Gasteiger partial charge in [-0.1, -0.05) is 0 Å². The van der Waals surface area contributed by atoms with Gasteiger partial charge in [0.25, 0.3) is 0 Å². The zero-order valence-corrected chi connectivity index (χ0v) is 15.3. The molecule has 9 heteroatoms. The van der Waals surface area contributed by atoms with Gasteiger partial charge in [-0.25, -0.2) is 14.4 Å². The molecule has 0 unspecified atom stereocenters. The summed E-state index contributed by atoms with van der Waals surface area (Å²) in [6.07, 6.45) is -0.584. The van der Waals surface area contributed by atoms with Crippen molar-refractivity contribution in [2.75, 3.05) is 13.2 Å². The molecule has 0 aromatic heterocycles. The van der Waals surface area contributed by atoms with Crippen molar-refractivity contribution in [2.45, 2.75) is 58.7 Å². The number of hydrogen-bond donors (Lipinski definition) is 4. The first-order valence-electron chi connectivity index (χ1n) is 8.13. The van der Waals surface area contributed by atoms with Crippen LogP contribution in [-0.4, -0.2) is 54.1 Å². The van der Waals surface area contributed by atoms with Crippen molar-refractivity contribution in [3.05, 3.63) is 11.3 Å². The van der Waals surface area contributed by atoms with Crippen molar-refractivity contribution < 1.29 is 29.0 Å². The van der Waals surface area contributed by atoms with E-state index in [0.29, 0.717) is 5.70 Å². The highest BCUT2D eigenvalue weighted by molar-refractivity contribution is 5.94. The molecule has 0 spiro atoms. The Morgan fingerprint density at radius 3 is 2.52 bits per heavy atom. The van der Waals surface area contributed by atoms with Crippen molar-refractivity contribution in [1.29, 1.82) is 0 Å². The van der Waals surface area contributed by atoms with Crippen molar-refractivity contribution in [1.82, 2.24) is 16.0 Å². The SMILES string of the molecule is CCOC(=O)C1=C(C)NC(=O)N[C@@H]1C[C@@H](CO)NC(=O)OC(C)(C)C. The van der Waals surface area contributed by atoms with E-state index in [-0.39, 0.29) is 25.2 Å². The van der Waals surface area contributed by atoms with Gasteiger partial charge < -0.3 is 30.5 Å². The molecule has 3 amide bonds. The van der Waals surface area contributed by atoms with Gasteiger partial charge in [-0.05, 0) is 41.0 Å². The molecule has 0 radical (unpaired) electrons. The van der Waals surface area contributed by atoms with Crippen molar-refractivity contribution in [2.24, 2.45) is 0 Å². The molecule has 0 saturated carbocycles. The number of amides is 3. The van der Waals surface area contributed by atoms with Crippen LogP contribution < -0.4 is 16.0 Å². The lowest BCUT2D eigenvalue weighted by Crippen LogP contribution is -2.53. The van der Waals surface area contributed by atoms with Crippen LogP contribution in [0.3, 0.4) is 0 Å². The number of carbonyl (C=O) groups excluding carboxylic acids is 3. The Morgan fingerprint density at radius 2 is 2.00 bits per heavy atom. The lowest BCUT2D eigenvalue weighted by atomic mass is 9.96. The van der Waals surface area contributed by atoms with Crippen molar-refractivity contribution in [3.8, 4) is 0 Å². The summed E-state index contributed by atoms with van der Waals surface area (Å²) >= 11 is 0. The number of ether oxygens (including phenoxy) is 2. The summed E-state index contributed by atoms with van der Waals surface area (Å²) in [5, 5.41) is 17.2. The van der Waals surface area contributed by atoms with Gasteiger partial charge in [0.15, 0.2) is 0 Å². The van der Waals surface area contributed by atoms with Crippen molar-refractivity contribution in [3.63, 3.8) is 0 Å². The standard InChI is InChI=1S/C16H27N3O6/c1-6-24-13(21)12-9(2)17-14(22)19-11(12)7-10(8-20)18-15(23)25-16(3,4)5/h10-11,20H,6-8H2,1-5H3,(H,18,23)(H2,17,19,22)/t10-,11+/m0/s1. The second-order valence-corrected chi connectivity index (χ2v) is 6.67. The van der Waals surface area contributed by atoms with Crippen LogP contribution in [-0.2, 0) is 14.3 Å². The second kappa shape index (κ2) is 8.70. The largest absolute Gasteiger partial charge is 0.463 e. The Hall–Kier alpha value is -2.29. The fourth-order valence-corrected chi connectivity index (χ4v) is 2.38. The highest BCUT2D eigenvalue weighted by atomic mass is 16.6. The van der Waals surface area contributed by atoms with E-state index in [9.17, 15) is 19.5 Å². The molecule has 0 bridgehead atoms. The van der Waals surface area contributed by atoms with Crippen molar-refractivity contribution >= 4 is 18.1 Å². The van der Waals surface area contributed by atoms with Crippen LogP contribution in [0.1, 0.15) is 41.0 Å². The van der Waals surface area contributed by atoms with E-state index < -0.39 is 35.8 Å². The predicted octanol–water partition coefficient (Wildman–Crippen LogP) is 0.781. The molecule has 0 saturated heterocycles. The molecular weight excluding hydrogens is 330 g/mol. The molecule has 9 nitrogen and oxygen atoms in total. The molecular formula is C16H27N3O6. The molecule has 0 aliphatic carbocycles. The average Bonchev–Trinajstić information content (AvgIpc) is 2.43. The fraction of sp³-hybridized carbons (Fsp3) is 0.688. The maximum absolute atomic E-state index is 12.2. The van der Waals surface area contributed by atoms with Gasteiger partial charge in [0.2, 0.25) is 0 Å². The molecule has 25 heavy (non-hydrogen) atoms. The van der Waals surface area contributed by atoms with Gasteiger partial charge >= 0.3 is 18.1 Å². The first-order valence-corrected chi connectivity index (χ1v) is 8.13. The number of nitrogens with one attached hydrogen (secondary N) is 3. The number of aliphatic hydroxyl groups excluding tert-OH is 1. The molecule has 2 atom stereocenters. The molecule has 0 aromatic rings. The summed E-state index contributed by atoms with van der Waals surface area (Å²) in [5.41, 5.74) is -0.0494. The topological polar surface area (TPSA) is 126 Å².